The standard InChI is InChI=1S/C10H14N2O3/c1-4-5-6-12-8(13)10(2,7-15-3)11-9(12)14/h6-7H2,1-3H3,(H,11,14). The summed E-state index contributed by atoms with van der Waals surface area (Å²) in [5, 5.41) is 2.58. The molecule has 0 spiro atoms. The normalized spacial score (nSPS) is 24.9. The fraction of sp³-hybridized carbons (Fsp3) is 0.600. The lowest BCUT2D eigenvalue weighted by molar-refractivity contribution is -0.132. The van der Waals surface area contributed by atoms with Crippen LogP contribution in [0.1, 0.15) is 13.8 Å². The average Bonchev–Trinajstić information content (AvgIpc) is 2.37. The van der Waals surface area contributed by atoms with E-state index in [2.05, 4.69) is 17.2 Å². The molecule has 3 amide bonds. The molecule has 1 heterocycles. The molecule has 0 aromatic heterocycles. The van der Waals surface area contributed by atoms with Crippen LogP contribution in [0, 0.1) is 11.8 Å². The van der Waals surface area contributed by atoms with Crippen LogP contribution < -0.4 is 5.32 Å². The van der Waals surface area contributed by atoms with Crippen molar-refractivity contribution in [3.8, 4) is 11.8 Å². The second kappa shape index (κ2) is 4.32. The highest BCUT2D eigenvalue weighted by Gasteiger charge is 2.47. The van der Waals surface area contributed by atoms with Gasteiger partial charge in [0.2, 0.25) is 0 Å². The number of carbonyl (C=O) groups excluding carboxylic acids is 2. The number of nitrogens with zero attached hydrogens (tertiary/aromatic N) is 1. The van der Waals surface area contributed by atoms with Gasteiger partial charge in [-0.3, -0.25) is 9.69 Å². The van der Waals surface area contributed by atoms with Gasteiger partial charge in [0.25, 0.3) is 5.91 Å². The van der Waals surface area contributed by atoms with Crippen molar-refractivity contribution in [2.75, 3.05) is 20.3 Å². The summed E-state index contributed by atoms with van der Waals surface area (Å²) in [5.74, 6) is 5.03. The summed E-state index contributed by atoms with van der Waals surface area (Å²) in [6.45, 7) is 3.58. The molecule has 1 aliphatic rings. The van der Waals surface area contributed by atoms with Gasteiger partial charge in [-0.15, -0.1) is 5.92 Å². The fourth-order valence-corrected chi connectivity index (χ4v) is 1.44. The maximum atomic E-state index is 11.8. The summed E-state index contributed by atoms with van der Waals surface area (Å²) in [6, 6.07) is -0.415. The van der Waals surface area contributed by atoms with Gasteiger partial charge in [0.15, 0.2) is 0 Å². The number of urea groups is 1. The van der Waals surface area contributed by atoms with Crippen molar-refractivity contribution in [2.45, 2.75) is 19.4 Å². The third-order valence-electron chi connectivity index (χ3n) is 2.19. The van der Waals surface area contributed by atoms with Crippen molar-refractivity contribution in [1.82, 2.24) is 10.2 Å². The molecule has 1 unspecified atom stereocenters. The van der Waals surface area contributed by atoms with E-state index in [1.165, 1.54) is 7.11 Å². The predicted molar refractivity (Wildman–Crippen MR) is 54.0 cm³/mol. The molecule has 0 aliphatic carbocycles. The first kappa shape index (κ1) is 11.5. The Morgan fingerprint density at radius 1 is 1.53 bits per heavy atom. The maximum Gasteiger partial charge on any atom is 0.325 e. The summed E-state index contributed by atoms with van der Waals surface area (Å²) in [4.78, 5) is 24.4. The Kier molecular flexibility index (Phi) is 3.32. The van der Waals surface area contributed by atoms with Crippen molar-refractivity contribution in [3.05, 3.63) is 0 Å². The zero-order valence-electron chi connectivity index (χ0n) is 9.09. The molecule has 1 saturated heterocycles. The zero-order valence-corrected chi connectivity index (χ0v) is 9.09. The highest BCUT2D eigenvalue weighted by Crippen LogP contribution is 2.17. The van der Waals surface area contributed by atoms with Crippen LogP contribution in [-0.2, 0) is 9.53 Å². The third kappa shape index (κ3) is 2.10. The molecule has 0 saturated carbocycles. The van der Waals surface area contributed by atoms with E-state index in [-0.39, 0.29) is 19.1 Å². The number of hydrogen-bond donors (Lipinski definition) is 1. The first-order valence-corrected chi connectivity index (χ1v) is 4.58. The Bertz CT molecular complexity index is 342. The summed E-state index contributed by atoms with van der Waals surface area (Å²) in [5.41, 5.74) is -0.957. The van der Waals surface area contributed by atoms with E-state index in [1.807, 2.05) is 0 Å². The summed E-state index contributed by atoms with van der Waals surface area (Å²) in [6.07, 6.45) is 0. The fourth-order valence-electron chi connectivity index (χ4n) is 1.44. The first-order valence-electron chi connectivity index (χ1n) is 4.58. The van der Waals surface area contributed by atoms with E-state index < -0.39 is 11.6 Å². The van der Waals surface area contributed by atoms with Gasteiger partial charge in [-0.25, -0.2) is 4.79 Å². The first-order chi connectivity index (χ1) is 7.05. The number of hydrogen-bond acceptors (Lipinski definition) is 3. The minimum Gasteiger partial charge on any atom is -0.382 e. The molecule has 1 N–H and O–H groups in total. The number of carbonyl (C=O) groups is 2. The van der Waals surface area contributed by atoms with Gasteiger partial charge in [0.05, 0.1) is 13.2 Å². The largest absolute Gasteiger partial charge is 0.382 e. The lowest BCUT2D eigenvalue weighted by Crippen LogP contribution is -2.47. The Hall–Kier alpha value is -1.54. The molecular weight excluding hydrogens is 196 g/mol. The predicted octanol–water partition coefficient (Wildman–Crippen LogP) is -0.0334. The van der Waals surface area contributed by atoms with Crippen molar-refractivity contribution in [1.29, 1.82) is 0 Å². The van der Waals surface area contributed by atoms with Gasteiger partial charge in [-0.2, -0.15) is 0 Å². The van der Waals surface area contributed by atoms with Crippen molar-refractivity contribution in [2.24, 2.45) is 0 Å². The summed E-state index contributed by atoms with van der Waals surface area (Å²) < 4.78 is 4.90. The number of ether oxygens (including phenoxy) is 1. The van der Waals surface area contributed by atoms with E-state index >= 15 is 0 Å². The maximum absolute atomic E-state index is 11.8. The van der Waals surface area contributed by atoms with Crippen LogP contribution in [0.4, 0.5) is 4.79 Å². The Morgan fingerprint density at radius 3 is 2.73 bits per heavy atom. The number of imide groups is 1. The topological polar surface area (TPSA) is 58.6 Å². The van der Waals surface area contributed by atoms with Gasteiger partial charge in [-0.05, 0) is 13.8 Å². The van der Waals surface area contributed by atoms with Crippen molar-refractivity contribution >= 4 is 11.9 Å². The quantitative estimate of drug-likeness (QED) is 0.525. The molecule has 82 valence electrons. The van der Waals surface area contributed by atoms with E-state index in [0.29, 0.717) is 0 Å². The molecule has 1 fully saturated rings. The molecule has 5 nitrogen and oxygen atoms in total. The Balaban J connectivity index is 2.81. The van der Waals surface area contributed by atoms with Gasteiger partial charge in [0, 0.05) is 7.11 Å². The minimum atomic E-state index is -0.957. The van der Waals surface area contributed by atoms with E-state index in [9.17, 15) is 9.59 Å². The van der Waals surface area contributed by atoms with Crippen molar-refractivity contribution < 1.29 is 14.3 Å². The highest BCUT2D eigenvalue weighted by atomic mass is 16.5. The van der Waals surface area contributed by atoms with Crippen LogP contribution in [0.5, 0.6) is 0 Å². The molecule has 1 atom stereocenters. The van der Waals surface area contributed by atoms with E-state index in [0.717, 1.165) is 4.90 Å². The van der Waals surface area contributed by atoms with Crippen LogP contribution in [0.3, 0.4) is 0 Å². The van der Waals surface area contributed by atoms with E-state index in [4.69, 9.17) is 4.74 Å². The van der Waals surface area contributed by atoms with Gasteiger partial charge >= 0.3 is 6.03 Å². The number of amides is 3. The van der Waals surface area contributed by atoms with Gasteiger partial charge < -0.3 is 10.1 Å². The lowest BCUT2D eigenvalue weighted by atomic mass is 10.0. The second-order valence-electron chi connectivity index (χ2n) is 3.51. The molecule has 1 aliphatic heterocycles. The lowest BCUT2D eigenvalue weighted by Gasteiger charge is -2.19. The molecule has 1 rings (SSSR count). The van der Waals surface area contributed by atoms with Crippen LogP contribution in [-0.4, -0.2) is 42.6 Å². The molecule has 15 heavy (non-hydrogen) atoms. The smallest absolute Gasteiger partial charge is 0.325 e. The zero-order chi connectivity index (χ0) is 11.5. The molecule has 5 heteroatoms. The van der Waals surface area contributed by atoms with Gasteiger partial charge in [-0.1, -0.05) is 5.92 Å². The van der Waals surface area contributed by atoms with Crippen LogP contribution in [0.15, 0.2) is 0 Å². The Labute approximate surface area is 88.8 Å². The molecule has 0 bridgehead atoms. The monoisotopic (exact) mass is 210 g/mol. The second-order valence-corrected chi connectivity index (χ2v) is 3.51. The number of nitrogens with one attached hydrogen (secondary N) is 1. The summed E-state index contributed by atoms with van der Waals surface area (Å²) in [7, 11) is 1.49. The molecule has 0 aromatic rings. The van der Waals surface area contributed by atoms with Crippen LogP contribution in [0.2, 0.25) is 0 Å². The SMILES string of the molecule is CC#CCN1C(=O)NC(C)(COC)C1=O. The molecule has 0 aromatic carbocycles. The number of rotatable bonds is 3. The van der Waals surface area contributed by atoms with Gasteiger partial charge in [0.1, 0.15) is 5.54 Å². The van der Waals surface area contributed by atoms with Crippen LogP contribution in [0.25, 0.3) is 0 Å². The summed E-state index contributed by atoms with van der Waals surface area (Å²) >= 11 is 0. The molecular formula is C10H14N2O3. The Morgan fingerprint density at radius 2 is 2.20 bits per heavy atom. The molecule has 0 radical (unpaired) electrons. The highest BCUT2D eigenvalue weighted by molar-refractivity contribution is 6.07. The van der Waals surface area contributed by atoms with Crippen molar-refractivity contribution in [3.63, 3.8) is 0 Å². The van der Waals surface area contributed by atoms with Crippen LogP contribution >= 0.6 is 0 Å². The van der Waals surface area contributed by atoms with E-state index in [1.54, 1.807) is 13.8 Å². The average molecular weight is 210 g/mol. The number of methoxy groups -OCH3 is 1. The third-order valence-corrected chi connectivity index (χ3v) is 2.19. The minimum absolute atomic E-state index is 0.125.